The van der Waals surface area contributed by atoms with E-state index >= 15 is 0 Å². The Bertz CT molecular complexity index is 1330. The first kappa shape index (κ1) is 20.4. The van der Waals surface area contributed by atoms with Crippen molar-refractivity contribution in [1.82, 2.24) is 10.1 Å². The van der Waals surface area contributed by atoms with Gasteiger partial charge < -0.3 is 21.7 Å². The molecule has 2 aromatic carbocycles. The second kappa shape index (κ2) is 8.44. The molecule has 1 N–H and O–H groups in total. The molecule has 30 heavy (non-hydrogen) atoms. The number of aromatic amines is 1. The number of H-pyrrole nitrogens is 1. The van der Waals surface area contributed by atoms with Gasteiger partial charge in [0.15, 0.2) is 0 Å². The SMILES string of the molecule is CCc1cc2c3nc4cc(OCc5ccccc5)ccc4c3cc[n+]2[nH]c1CC.[Br-]. The highest BCUT2D eigenvalue weighted by molar-refractivity contribution is 6.11. The van der Waals surface area contributed by atoms with Crippen LogP contribution in [0.5, 0.6) is 5.75 Å². The van der Waals surface area contributed by atoms with E-state index < -0.39 is 0 Å². The van der Waals surface area contributed by atoms with E-state index in [0.29, 0.717) is 6.61 Å². The molecule has 0 aliphatic carbocycles. The van der Waals surface area contributed by atoms with E-state index in [-0.39, 0.29) is 17.0 Å². The minimum absolute atomic E-state index is 0. The molecule has 0 aliphatic rings. The predicted molar refractivity (Wildman–Crippen MR) is 116 cm³/mol. The van der Waals surface area contributed by atoms with Crippen molar-refractivity contribution in [3.05, 3.63) is 83.7 Å². The summed E-state index contributed by atoms with van der Waals surface area (Å²) in [6.45, 7) is 4.94. The molecular formula is C25H24BrN3O. The number of aryl methyl sites for hydroxylation is 2. The lowest BCUT2D eigenvalue weighted by Crippen LogP contribution is -3.00. The molecule has 3 heterocycles. The van der Waals surface area contributed by atoms with Crippen molar-refractivity contribution < 1.29 is 26.2 Å². The third kappa shape index (κ3) is 3.54. The monoisotopic (exact) mass is 461 g/mol. The van der Waals surface area contributed by atoms with Gasteiger partial charge in [-0.25, -0.2) is 4.98 Å². The quantitative estimate of drug-likeness (QED) is 0.407. The Balaban J connectivity index is 0.00000218. The van der Waals surface area contributed by atoms with Crippen LogP contribution in [0.2, 0.25) is 0 Å². The summed E-state index contributed by atoms with van der Waals surface area (Å²) in [5.74, 6) is 0.843. The Morgan fingerprint density at radius 3 is 2.53 bits per heavy atom. The first-order chi connectivity index (χ1) is 14.3. The lowest BCUT2D eigenvalue weighted by atomic mass is 10.1. The molecule has 0 saturated heterocycles. The van der Waals surface area contributed by atoms with Crippen LogP contribution in [0.15, 0.2) is 66.9 Å². The van der Waals surface area contributed by atoms with E-state index in [9.17, 15) is 0 Å². The van der Waals surface area contributed by atoms with Gasteiger partial charge in [0, 0.05) is 29.0 Å². The number of benzene rings is 2. The summed E-state index contributed by atoms with van der Waals surface area (Å²) < 4.78 is 8.08. The zero-order valence-electron chi connectivity index (χ0n) is 17.2. The van der Waals surface area contributed by atoms with Crippen LogP contribution in [0.4, 0.5) is 0 Å². The van der Waals surface area contributed by atoms with E-state index in [0.717, 1.165) is 46.1 Å². The number of hydrogen-bond acceptors (Lipinski definition) is 2. The van der Waals surface area contributed by atoms with Crippen molar-refractivity contribution >= 4 is 27.3 Å². The maximum atomic E-state index is 6.00. The molecule has 0 aliphatic heterocycles. The summed E-state index contributed by atoms with van der Waals surface area (Å²) in [6.07, 6.45) is 4.09. The van der Waals surface area contributed by atoms with Crippen molar-refractivity contribution in [2.45, 2.75) is 33.3 Å². The van der Waals surface area contributed by atoms with Gasteiger partial charge in [-0.15, -0.1) is 0 Å². The standard InChI is InChI=1S/C25H23N3O.BrH/c1-3-18-14-24-25-21(12-13-28(24)27-22(18)4-2)20-11-10-19(15-23(20)26-25)29-16-17-8-6-5-7-9-17;/h5-15H,3-4,16H2,1-2H3;1H. The molecule has 0 atom stereocenters. The molecule has 0 bridgehead atoms. The van der Waals surface area contributed by atoms with E-state index in [1.54, 1.807) is 0 Å². The molecule has 0 saturated carbocycles. The normalized spacial score (nSPS) is 11.1. The molecule has 5 aromatic rings. The summed E-state index contributed by atoms with van der Waals surface area (Å²) in [4.78, 5) is 4.97. The summed E-state index contributed by atoms with van der Waals surface area (Å²) in [7, 11) is 0. The molecule has 5 heteroatoms. The predicted octanol–water partition coefficient (Wildman–Crippen LogP) is 2.16. The molecule has 0 radical (unpaired) electrons. The van der Waals surface area contributed by atoms with Gasteiger partial charge in [0.2, 0.25) is 6.20 Å². The fourth-order valence-electron chi connectivity index (χ4n) is 4.00. The molecule has 152 valence electrons. The second-order valence-corrected chi connectivity index (χ2v) is 7.37. The smallest absolute Gasteiger partial charge is 0.262 e. The number of aromatic nitrogens is 3. The third-order valence-corrected chi connectivity index (χ3v) is 5.58. The summed E-state index contributed by atoms with van der Waals surface area (Å²) >= 11 is 0. The highest BCUT2D eigenvalue weighted by Gasteiger charge is 2.17. The number of ether oxygens (including phenoxy) is 1. The summed E-state index contributed by atoms with van der Waals surface area (Å²) in [5.41, 5.74) is 6.88. The number of rotatable bonds is 5. The molecule has 5 rings (SSSR count). The van der Waals surface area contributed by atoms with Crippen LogP contribution in [0.1, 0.15) is 30.7 Å². The number of nitrogens with one attached hydrogen (secondary N) is 1. The number of fused-ring (bicyclic) bond motifs is 5. The van der Waals surface area contributed by atoms with Gasteiger partial charge in [-0.2, -0.15) is 5.10 Å². The van der Waals surface area contributed by atoms with Crippen LogP contribution >= 0.6 is 0 Å². The Hall–Kier alpha value is -2.92. The van der Waals surface area contributed by atoms with E-state index in [1.165, 1.54) is 16.6 Å². The van der Waals surface area contributed by atoms with Crippen LogP contribution in [0, 0.1) is 0 Å². The van der Waals surface area contributed by atoms with Crippen molar-refractivity contribution in [3.63, 3.8) is 0 Å². The van der Waals surface area contributed by atoms with Crippen LogP contribution in [-0.4, -0.2) is 10.1 Å². The van der Waals surface area contributed by atoms with Crippen LogP contribution in [0.25, 0.3) is 27.3 Å². The minimum Gasteiger partial charge on any atom is -1.00 e. The van der Waals surface area contributed by atoms with Gasteiger partial charge in [-0.3, -0.25) is 0 Å². The van der Waals surface area contributed by atoms with Gasteiger partial charge in [-0.05, 0) is 36.1 Å². The molecule has 0 spiro atoms. The molecule has 0 unspecified atom stereocenters. The van der Waals surface area contributed by atoms with Gasteiger partial charge in [0.25, 0.3) is 5.52 Å². The second-order valence-electron chi connectivity index (χ2n) is 7.37. The van der Waals surface area contributed by atoms with Crippen LogP contribution < -0.4 is 26.2 Å². The topological polar surface area (TPSA) is 42.0 Å². The molecular weight excluding hydrogens is 438 g/mol. The summed E-state index contributed by atoms with van der Waals surface area (Å²) in [6, 6.07) is 20.8. The average molecular weight is 462 g/mol. The van der Waals surface area contributed by atoms with Crippen molar-refractivity contribution in [3.8, 4) is 5.75 Å². The Morgan fingerprint density at radius 2 is 1.77 bits per heavy atom. The van der Waals surface area contributed by atoms with Gasteiger partial charge in [0.1, 0.15) is 17.9 Å². The van der Waals surface area contributed by atoms with Gasteiger partial charge in [-0.1, -0.05) is 48.7 Å². The first-order valence-electron chi connectivity index (χ1n) is 10.2. The Kier molecular flexibility index (Phi) is 5.73. The molecule has 4 nitrogen and oxygen atoms in total. The van der Waals surface area contributed by atoms with E-state index in [4.69, 9.17) is 9.72 Å². The van der Waals surface area contributed by atoms with E-state index in [2.05, 4.69) is 60.0 Å². The Morgan fingerprint density at radius 1 is 0.933 bits per heavy atom. The number of hydrogen-bond donors (Lipinski definition) is 1. The fourth-order valence-corrected chi connectivity index (χ4v) is 4.00. The van der Waals surface area contributed by atoms with Crippen molar-refractivity contribution in [2.75, 3.05) is 0 Å². The minimum atomic E-state index is 0. The molecule has 3 aromatic heterocycles. The third-order valence-electron chi connectivity index (χ3n) is 5.58. The zero-order valence-corrected chi connectivity index (χ0v) is 18.7. The van der Waals surface area contributed by atoms with Crippen molar-refractivity contribution in [2.24, 2.45) is 0 Å². The van der Waals surface area contributed by atoms with Crippen molar-refractivity contribution in [1.29, 1.82) is 0 Å². The lowest BCUT2D eigenvalue weighted by Gasteiger charge is -2.06. The molecule has 0 fully saturated rings. The fraction of sp³-hybridized carbons (Fsp3) is 0.200. The zero-order chi connectivity index (χ0) is 19.8. The average Bonchev–Trinajstić information content (AvgIpc) is 3.15. The van der Waals surface area contributed by atoms with Gasteiger partial charge in [0.05, 0.1) is 11.2 Å². The summed E-state index contributed by atoms with van der Waals surface area (Å²) in [5, 5.41) is 5.87. The number of nitrogens with zero attached hydrogens (tertiary/aromatic N) is 2. The lowest BCUT2D eigenvalue weighted by molar-refractivity contribution is -0.580. The first-order valence-corrected chi connectivity index (χ1v) is 10.2. The maximum Gasteiger partial charge on any atom is 0.262 e. The Labute approximate surface area is 186 Å². The van der Waals surface area contributed by atoms with Gasteiger partial charge >= 0.3 is 0 Å². The molecule has 0 amide bonds. The highest BCUT2D eigenvalue weighted by atomic mass is 79.9. The highest BCUT2D eigenvalue weighted by Crippen LogP contribution is 2.30. The number of pyridine rings is 1. The van der Waals surface area contributed by atoms with Crippen LogP contribution in [0.3, 0.4) is 0 Å². The number of halogens is 1. The maximum absolute atomic E-state index is 6.00. The van der Waals surface area contributed by atoms with E-state index in [1.807, 2.05) is 30.3 Å². The largest absolute Gasteiger partial charge is 1.00 e. The van der Waals surface area contributed by atoms with Crippen LogP contribution in [-0.2, 0) is 19.4 Å².